The fraction of sp³-hybridized carbons (Fsp3) is 0.333. The predicted octanol–water partition coefficient (Wildman–Crippen LogP) is 2.45. The van der Waals surface area contributed by atoms with E-state index >= 15 is 0 Å². The topological polar surface area (TPSA) is 36.4 Å². The lowest BCUT2D eigenvalue weighted by Gasteiger charge is -2.35. The number of benzene rings is 1. The van der Waals surface area contributed by atoms with Crippen LogP contribution in [0.1, 0.15) is 0 Å². The third kappa shape index (κ3) is 2.84. The summed E-state index contributed by atoms with van der Waals surface area (Å²) < 4.78 is 37.2. The second-order valence-electron chi connectivity index (χ2n) is 5.14. The molecule has 1 aromatic carbocycles. The number of anilines is 1. The molecule has 0 radical (unpaired) electrons. The Hall–Kier alpha value is -2.31. The van der Waals surface area contributed by atoms with Crippen LogP contribution in [0.3, 0.4) is 0 Å². The summed E-state index contributed by atoms with van der Waals surface area (Å²) in [7, 11) is 0. The van der Waals surface area contributed by atoms with Crippen molar-refractivity contribution in [1.29, 1.82) is 0 Å². The molecule has 1 aromatic heterocycles. The third-order valence-corrected chi connectivity index (χ3v) is 3.72. The number of halogens is 3. The minimum atomic E-state index is -4.80. The van der Waals surface area contributed by atoms with Gasteiger partial charge in [-0.3, -0.25) is 4.79 Å². The Morgan fingerprint density at radius 3 is 2.36 bits per heavy atom. The van der Waals surface area contributed by atoms with Gasteiger partial charge in [-0.15, -0.1) is 0 Å². The third-order valence-electron chi connectivity index (χ3n) is 3.72. The number of nitrogens with zero attached hydrogens (tertiary/aromatic N) is 3. The average molecular weight is 309 g/mol. The minimum absolute atomic E-state index is 0.0485. The van der Waals surface area contributed by atoms with Crippen molar-refractivity contribution in [3.63, 3.8) is 0 Å². The predicted molar refractivity (Wildman–Crippen MR) is 76.6 cm³/mol. The van der Waals surface area contributed by atoms with Gasteiger partial charge in [-0.25, -0.2) is 4.98 Å². The number of hydrogen-bond acceptors (Lipinski definition) is 3. The van der Waals surface area contributed by atoms with E-state index < -0.39 is 12.1 Å². The summed E-state index contributed by atoms with van der Waals surface area (Å²) in [5.41, 5.74) is 0.841. The molecule has 0 spiro atoms. The summed E-state index contributed by atoms with van der Waals surface area (Å²) >= 11 is 0. The van der Waals surface area contributed by atoms with Gasteiger partial charge in [0.05, 0.1) is 5.52 Å². The fourth-order valence-corrected chi connectivity index (χ4v) is 2.55. The van der Waals surface area contributed by atoms with E-state index in [2.05, 4.69) is 4.98 Å². The molecule has 0 aliphatic carbocycles. The normalized spacial score (nSPS) is 16.1. The molecule has 2 heterocycles. The Labute approximate surface area is 125 Å². The number of alkyl halides is 3. The van der Waals surface area contributed by atoms with Crippen LogP contribution in [-0.4, -0.2) is 48.1 Å². The summed E-state index contributed by atoms with van der Waals surface area (Å²) in [6, 6.07) is 11.4. The van der Waals surface area contributed by atoms with E-state index in [0.29, 0.717) is 13.1 Å². The van der Waals surface area contributed by atoms with Crippen LogP contribution >= 0.6 is 0 Å². The number of amides is 1. The van der Waals surface area contributed by atoms with E-state index in [1.165, 1.54) is 0 Å². The molecule has 2 aromatic rings. The maximum absolute atomic E-state index is 12.4. The first-order valence-electron chi connectivity index (χ1n) is 6.92. The lowest BCUT2D eigenvalue weighted by Crippen LogP contribution is -2.52. The highest BCUT2D eigenvalue weighted by atomic mass is 19.4. The molecular weight excluding hydrogens is 295 g/mol. The van der Waals surface area contributed by atoms with Gasteiger partial charge in [-0.1, -0.05) is 18.2 Å². The zero-order valence-corrected chi connectivity index (χ0v) is 11.7. The van der Waals surface area contributed by atoms with Crippen LogP contribution < -0.4 is 4.90 Å². The van der Waals surface area contributed by atoms with E-state index in [4.69, 9.17) is 0 Å². The van der Waals surface area contributed by atoms with Crippen LogP contribution in [-0.2, 0) is 4.79 Å². The standard InChI is InChI=1S/C15H14F3N3O/c16-15(17,18)14(22)21-9-7-20(8-10-21)13-6-5-11-3-1-2-4-12(11)19-13/h1-6H,7-10H2. The maximum Gasteiger partial charge on any atom is 0.471 e. The first kappa shape index (κ1) is 14.6. The van der Waals surface area contributed by atoms with E-state index in [9.17, 15) is 18.0 Å². The smallest absolute Gasteiger partial charge is 0.353 e. The molecule has 1 saturated heterocycles. The number of carbonyl (C=O) groups is 1. The van der Waals surface area contributed by atoms with Gasteiger partial charge in [0.2, 0.25) is 0 Å². The van der Waals surface area contributed by atoms with Crippen molar-refractivity contribution in [1.82, 2.24) is 9.88 Å². The molecule has 0 N–H and O–H groups in total. The number of hydrogen-bond donors (Lipinski definition) is 0. The van der Waals surface area contributed by atoms with Gasteiger partial charge < -0.3 is 9.80 Å². The SMILES string of the molecule is O=C(N1CCN(c2ccc3ccccc3n2)CC1)C(F)(F)F. The average Bonchev–Trinajstić information content (AvgIpc) is 2.53. The van der Waals surface area contributed by atoms with Crippen LogP contribution in [0.25, 0.3) is 10.9 Å². The van der Waals surface area contributed by atoms with E-state index in [-0.39, 0.29) is 13.1 Å². The van der Waals surface area contributed by atoms with Crippen molar-refractivity contribution >= 4 is 22.6 Å². The van der Waals surface area contributed by atoms with Gasteiger partial charge in [-0.05, 0) is 18.2 Å². The van der Waals surface area contributed by atoms with Crippen LogP contribution in [0, 0.1) is 0 Å². The van der Waals surface area contributed by atoms with Gasteiger partial charge in [0.1, 0.15) is 5.82 Å². The zero-order chi connectivity index (χ0) is 15.7. The van der Waals surface area contributed by atoms with Gasteiger partial charge in [0, 0.05) is 31.6 Å². The molecule has 4 nitrogen and oxygen atoms in total. The van der Waals surface area contributed by atoms with E-state index in [1.807, 2.05) is 41.3 Å². The Kier molecular flexibility index (Phi) is 3.64. The van der Waals surface area contributed by atoms with Gasteiger partial charge >= 0.3 is 12.1 Å². The molecule has 1 aliphatic rings. The highest BCUT2D eigenvalue weighted by molar-refractivity contribution is 5.82. The lowest BCUT2D eigenvalue weighted by atomic mass is 10.2. The van der Waals surface area contributed by atoms with Crippen LogP contribution in [0.5, 0.6) is 0 Å². The first-order chi connectivity index (χ1) is 10.4. The summed E-state index contributed by atoms with van der Waals surface area (Å²) in [5.74, 6) is -1.04. The Morgan fingerprint density at radius 1 is 1.00 bits per heavy atom. The fourth-order valence-electron chi connectivity index (χ4n) is 2.55. The first-order valence-corrected chi connectivity index (χ1v) is 6.92. The quantitative estimate of drug-likeness (QED) is 0.812. The van der Waals surface area contributed by atoms with E-state index in [1.54, 1.807) is 0 Å². The molecule has 0 bridgehead atoms. The number of fused-ring (bicyclic) bond motifs is 1. The van der Waals surface area contributed by atoms with Crippen LogP contribution in [0.15, 0.2) is 36.4 Å². The second kappa shape index (κ2) is 5.47. The van der Waals surface area contributed by atoms with E-state index in [0.717, 1.165) is 21.6 Å². The largest absolute Gasteiger partial charge is 0.471 e. The van der Waals surface area contributed by atoms with Crippen LogP contribution in [0.2, 0.25) is 0 Å². The number of para-hydroxylation sites is 1. The molecule has 1 aliphatic heterocycles. The molecule has 1 amide bonds. The minimum Gasteiger partial charge on any atom is -0.353 e. The Morgan fingerprint density at radius 2 is 1.68 bits per heavy atom. The summed E-state index contributed by atoms with van der Waals surface area (Å²) in [4.78, 5) is 18.5. The second-order valence-corrected chi connectivity index (χ2v) is 5.14. The maximum atomic E-state index is 12.4. The molecule has 0 saturated carbocycles. The lowest BCUT2D eigenvalue weighted by molar-refractivity contribution is -0.185. The van der Waals surface area contributed by atoms with Crippen molar-refractivity contribution in [2.75, 3.05) is 31.1 Å². The molecule has 22 heavy (non-hydrogen) atoms. The van der Waals surface area contributed by atoms with Crippen molar-refractivity contribution in [2.45, 2.75) is 6.18 Å². The highest BCUT2D eigenvalue weighted by Crippen LogP contribution is 2.22. The zero-order valence-electron chi connectivity index (χ0n) is 11.7. The number of piperazine rings is 1. The molecule has 116 valence electrons. The number of rotatable bonds is 1. The molecule has 7 heteroatoms. The van der Waals surface area contributed by atoms with Crippen molar-refractivity contribution in [3.8, 4) is 0 Å². The Bertz CT molecular complexity index is 694. The van der Waals surface area contributed by atoms with Crippen molar-refractivity contribution in [2.24, 2.45) is 0 Å². The molecule has 3 rings (SSSR count). The molecule has 0 atom stereocenters. The van der Waals surface area contributed by atoms with Crippen molar-refractivity contribution < 1.29 is 18.0 Å². The monoisotopic (exact) mass is 309 g/mol. The number of pyridine rings is 1. The van der Waals surface area contributed by atoms with Gasteiger partial charge in [-0.2, -0.15) is 13.2 Å². The summed E-state index contributed by atoms with van der Waals surface area (Å²) in [5, 5.41) is 1.01. The number of aromatic nitrogens is 1. The van der Waals surface area contributed by atoms with Gasteiger partial charge in [0.15, 0.2) is 0 Å². The van der Waals surface area contributed by atoms with Crippen molar-refractivity contribution in [3.05, 3.63) is 36.4 Å². The molecule has 1 fully saturated rings. The van der Waals surface area contributed by atoms with Gasteiger partial charge in [0.25, 0.3) is 0 Å². The highest BCUT2D eigenvalue weighted by Gasteiger charge is 2.43. The summed E-state index contributed by atoms with van der Waals surface area (Å²) in [6.45, 7) is 0.778. The Balaban J connectivity index is 1.71. The molecular formula is C15H14F3N3O. The van der Waals surface area contributed by atoms with Crippen LogP contribution in [0.4, 0.5) is 19.0 Å². The number of carbonyl (C=O) groups excluding carboxylic acids is 1. The molecule has 0 unspecified atom stereocenters. The summed E-state index contributed by atoms with van der Waals surface area (Å²) in [6.07, 6.45) is -4.80.